The first-order valence-corrected chi connectivity index (χ1v) is 6.66. The van der Waals surface area contributed by atoms with Crippen LogP contribution in [0.5, 0.6) is 0 Å². The molecule has 0 radical (unpaired) electrons. The van der Waals surface area contributed by atoms with Crippen LogP contribution < -0.4 is 5.32 Å². The zero-order valence-electron chi connectivity index (χ0n) is 10.6. The number of unbranched alkanes of at least 4 members (excludes halogenated alkanes) is 3. The molecule has 0 fully saturated rings. The highest BCUT2D eigenvalue weighted by atomic mass is 35.5. The minimum Gasteiger partial charge on any atom is -0.313 e. The van der Waals surface area contributed by atoms with E-state index in [0.717, 1.165) is 18.5 Å². The van der Waals surface area contributed by atoms with E-state index in [1.54, 1.807) is 6.07 Å². The number of nitro groups is 1. The lowest BCUT2D eigenvalue weighted by Gasteiger charge is -2.05. The summed E-state index contributed by atoms with van der Waals surface area (Å²) in [5.41, 5.74) is 0.864. The van der Waals surface area contributed by atoms with Gasteiger partial charge in [0, 0.05) is 12.6 Å². The van der Waals surface area contributed by atoms with Gasteiger partial charge < -0.3 is 5.32 Å². The third-order valence-electron chi connectivity index (χ3n) is 2.74. The number of nitrogens with zero attached hydrogens (tertiary/aromatic N) is 1. The molecule has 0 bridgehead atoms. The Kier molecular flexibility index (Phi) is 6.68. The summed E-state index contributed by atoms with van der Waals surface area (Å²) in [6.07, 6.45) is 4.85. The van der Waals surface area contributed by atoms with Crippen LogP contribution in [0.2, 0.25) is 5.02 Å². The molecular formula is C13H19ClN2O2. The Hall–Kier alpha value is -1.13. The van der Waals surface area contributed by atoms with Gasteiger partial charge in [-0.25, -0.2) is 0 Å². The van der Waals surface area contributed by atoms with E-state index in [1.165, 1.54) is 25.3 Å². The van der Waals surface area contributed by atoms with Crippen molar-refractivity contribution in [1.29, 1.82) is 0 Å². The Morgan fingerprint density at radius 1 is 1.33 bits per heavy atom. The van der Waals surface area contributed by atoms with Gasteiger partial charge in [-0.2, -0.15) is 0 Å². The highest BCUT2D eigenvalue weighted by Crippen LogP contribution is 2.24. The number of halogens is 1. The maximum atomic E-state index is 10.7. The molecule has 0 aromatic heterocycles. The van der Waals surface area contributed by atoms with Crippen molar-refractivity contribution in [3.05, 3.63) is 38.9 Å². The number of nitrogens with one attached hydrogen (secondary N) is 1. The second kappa shape index (κ2) is 8.06. The van der Waals surface area contributed by atoms with Crippen molar-refractivity contribution in [3.8, 4) is 0 Å². The van der Waals surface area contributed by atoms with Crippen molar-refractivity contribution in [2.45, 2.75) is 39.2 Å². The molecule has 0 saturated carbocycles. The molecule has 0 aliphatic heterocycles. The predicted octanol–water partition coefficient (Wildman–Crippen LogP) is 3.92. The number of benzene rings is 1. The zero-order valence-corrected chi connectivity index (χ0v) is 11.4. The van der Waals surface area contributed by atoms with Crippen molar-refractivity contribution in [1.82, 2.24) is 5.32 Å². The first-order chi connectivity index (χ1) is 8.65. The molecule has 0 heterocycles. The molecule has 18 heavy (non-hydrogen) atoms. The standard InChI is InChI=1S/C13H19ClN2O2/c1-2-3-4-5-8-15-10-11-6-7-12(14)13(9-11)16(17)18/h6-7,9,15H,2-5,8,10H2,1H3. The van der Waals surface area contributed by atoms with Gasteiger partial charge in [0.15, 0.2) is 0 Å². The fourth-order valence-electron chi connectivity index (χ4n) is 1.72. The molecule has 1 rings (SSSR count). The molecule has 0 atom stereocenters. The first kappa shape index (κ1) is 14.9. The molecule has 0 aliphatic rings. The summed E-state index contributed by atoms with van der Waals surface area (Å²) in [6.45, 7) is 3.76. The minimum absolute atomic E-state index is 0.0260. The van der Waals surface area contributed by atoms with E-state index < -0.39 is 4.92 Å². The van der Waals surface area contributed by atoms with Gasteiger partial charge in [0.2, 0.25) is 0 Å². The molecule has 0 aliphatic carbocycles. The average Bonchev–Trinajstić information content (AvgIpc) is 2.35. The largest absolute Gasteiger partial charge is 0.313 e. The molecule has 0 spiro atoms. The lowest BCUT2D eigenvalue weighted by atomic mass is 10.2. The van der Waals surface area contributed by atoms with Crippen LogP contribution in [0.4, 0.5) is 5.69 Å². The van der Waals surface area contributed by atoms with Gasteiger partial charge in [-0.15, -0.1) is 0 Å². The van der Waals surface area contributed by atoms with E-state index in [0.29, 0.717) is 6.54 Å². The van der Waals surface area contributed by atoms with Gasteiger partial charge in [0.05, 0.1) is 4.92 Å². The molecule has 0 amide bonds. The van der Waals surface area contributed by atoms with Crippen LogP contribution in [0.3, 0.4) is 0 Å². The van der Waals surface area contributed by atoms with Gasteiger partial charge in [0.25, 0.3) is 5.69 Å². The summed E-state index contributed by atoms with van der Waals surface area (Å²) >= 11 is 5.75. The maximum absolute atomic E-state index is 10.7. The lowest BCUT2D eigenvalue weighted by molar-refractivity contribution is -0.384. The molecule has 1 aromatic carbocycles. The van der Waals surface area contributed by atoms with Crippen molar-refractivity contribution >= 4 is 17.3 Å². The van der Waals surface area contributed by atoms with Gasteiger partial charge in [0.1, 0.15) is 5.02 Å². The monoisotopic (exact) mass is 270 g/mol. The van der Waals surface area contributed by atoms with Crippen molar-refractivity contribution in [2.24, 2.45) is 0 Å². The summed E-state index contributed by atoms with van der Waals surface area (Å²) in [7, 11) is 0. The predicted molar refractivity (Wildman–Crippen MR) is 74.0 cm³/mol. The van der Waals surface area contributed by atoms with Gasteiger partial charge in [-0.05, 0) is 24.6 Å². The topological polar surface area (TPSA) is 55.2 Å². The number of nitro benzene ring substituents is 1. The Bertz CT molecular complexity index is 397. The second-order valence-electron chi connectivity index (χ2n) is 4.28. The van der Waals surface area contributed by atoms with Crippen molar-refractivity contribution < 1.29 is 4.92 Å². The quantitative estimate of drug-likeness (QED) is 0.442. The smallest absolute Gasteiger partial charge is 0.288 e. The molecule has 0 saturated heterocycles. The van der Waals surface area contributed by atoms with Crippen molar-refractivity contribution in [2.75, 3.05) is 6.54 Å². The lowest BCUT2D eigenvalue weighted by Crippen LogP contribution is -2.14. The van der Waals surface area contributed by atoms with Gasteiger partial charge in [-0.3, -0.25) is 10.1 Å². The molecule has 100 valence electrons. The van der Waals surface area contributed by atoms with E-state index in [9.17, 15) is 10.1 Å². The van der Waals surface area contributed by atoms with Crippen LogP contribution in [-0.4, -0.2) is 11.5 Å². The van der Waals surface area contributed by atoms with Gasteiger partial charge in [-0.1, -0.05) is 43.9 Å². The average molecular weight is 271 g/mol. The van der Waals surface area contributed by atoms with Gasteiger partial charge >= 0.3 is 0 Å². The van der Waals surface area contributed by atoms with Crippen LogP contribution in [0, 0.1) is 10.1 Å². The first-order valence-electron chi connectivity index (χ1n) is 6.28. The Balaban J connectivity index is 2.38. The summed E-state index contributed by atoms with van der Waals surface area (Å²) in [5, 5.41) is 14.2. The highest BCUT2D eigenvalue weighted by molar-refractivity contribution is 6.32. The second-order valence-corrected chi connectivity index (χ2v) is 4.69. The normalized spacial score (nSPS) is 10.6. The highest BCUT2D eigenvalue weighted by Gasteiger charge is 2.12. The van der Waals surface area contributed by atoms with Crippen LogP contribution in [0.1, 0.15) is 38.2 Å². The fourth-order valence-corrected chi connectivity index (χ4v) is 1.90. The summed E-state index contributed by atoms with van der Waals surface area (Å²) in [5.74, 6) is 0. The third kappa shape index (κ3) is 5.02. The van der Waals surface area contributed by atoms with Crippen LogP contribution in [0.25, 0.3) is 0 Å². The van der Waals surface area contributed by atoms with Crippen molar-refractivity contribution in [3.63, 3.8) is 0 Å². The van der Waals surface area contributed by atoms with E-state index in [2.05, 4.69) is 12.2 Å². The van der Waals surface area contributed by atoms with Crippen LogP contribution in [0.15, 0.2) is 18.2 Å². The van der Waals surface area contributed by atoms with E-state index >= 15 is 0 Å². The number of hydrogen-bond acceptors (Lipinski definition) is 3. The Morgan fingerprint density at radius 3 is 2.78 bits per heavy atom. The fraction of sp³-hybridized carbons (Fsp3) is 0.538. The Morgan fingerprint density at radius 2 is 2.11 bits per heavy atom. The summed E-state index contributed by atoms with van der Waals surface area (Å²) < 4.78 is 0. The summed E-state index contributed by atoms with van der Waals surface area (Å²) in [4.78, 5) is 10.3. The molecule has 1 N–H and O–H groups in total. The molecule has 0 unspecified atom stereocenters. The molecule has 1 aromatic rings. The minimum atomic E-state index is -0.451. The zero-order chi connectivity index (χ0) is 13.4. The third-order valence-corrected chi connectivity index (χ3v) is 3.06. The summed E-state index contributed by atoms with van der Waals surface area (Å²) in [6, 6.07) is 4.92. The number of rotatable bonds is 8. The molecular weight excluding hydrogens is 252 g/mol. The van der Waals surface area contributed by atoms with E-state index in [1.807, 2.05) is 6.07 Å². The Labute approximate surface area is 112 Å². The van der Waals surface area contributed by atoms with E-state index in [-0.39, 0.29) is 10.7 Å². The van der Waals surface area contributed by atoms with Crippen LogP contribution >= 0.6 is 11.6 Å². The molecule has 5 heteroatoms. The van der Waals surface area contributed by atoms with E-state index in [4.69, 9.17) is 11.6 Å². The molecule has 4 nitrogen and oxygen atoms in total. The number of hydrogen-bond donors (Lipinski definition) is 1. The SMILES string of the molecule is CCCCCCNCc1ccc(Cl)c([N+](=O)[O-])c1. The maximum Gasteiger partial charge on any atom is 0.288 e. The van der Waals surface area contributed by atoms with Crippen LogP contribution in [-0.2, 0) is 6.54 Å².